The average Bonchev–Trinajstić information content (AvgIpc) is 2.27. The van der Waals surface area contributed by atoms with Gasteiger partial charge in [0, 0.05) is 6.20 Å². The van der Waals surface area contributed by atoms with E-state index >= 15 is 0 Å². The van der Waals surface area contributed by atoms with Gasteiger partial charge in [0.2, 0.25) is 5.88 Å². The van der Waals surface area contributed by atoms with Gasteiger partial charge in [-0.3, -0.25) is 0 Å². The second kappa shape index (κ2) is 4.45. The van der Waals surface area contributed by atoms with Crippen LogP contribution in [0.3, 0.4) is 0 Å². The molecule has 0 aliphatic heterocycles. The second-order valence-electron chi connectivity index (χ2n) is 4.28. The molecular formula is C14H16N2O. The van der Waals surface area contributed by atoms with Crippen LogP contribution in [0.5, 0.6) is 11.6 Å². The van der Waals surface area contributed by atoms with Crippen LogP contribution in [0.1, 0.15) is 16.7 Å². The highest BCUT2D eigenvalue weighted by atomic mass is 16.5. The standard InChI is InChI=1S/C14H16N2O/c1-9-4-5-11(3)13(7-9)17-14-12(15)6-10(2)8-16-14/h4-8H,15H2,1-3H3. The van der Waals surface area contributed by atoms with Crippen molar-refractivity contribution in [1.29, 1.82) is 0 Å². The third-order valence-electron chi connectivity index (χ3n) is 2.57. The summed E-state index contributed by atoms with van der Waals surface area (Å²) in [6.45, 7) is 5.97. The van der Waals surface area contributed by atoms with Crippen molar-refractivity contribution in [2.45, 2.75) is 20.8 Å². The van der Waals surface area contributed by atoms with Crippen molar-refractivity contribution in [3.8, 4) is 11.6 Å². The van der Waals surface area contributed by atoms with Gasteiger partial charge in [0.1, 0.15) is 5.75 Å². The zero-order valence-corrected chi connectivity index (χ0v) is 10.3. The number of pyridine rings is 1. The van der Waals surface area contributed by atoms with Crippen LogP contribution in [0.4, 0.5) is 5.69 Å². The molecule has 0 aliphatic rings. The fraction of sp³-hybridized carbons (Fsp3) is 0.214. The average molecular weight is 228 g/mol. The molecule has 2 rings (SSSR count). The van der Waals surface area contributed by atoms with Gasteiger partial charge in [-0.25, -0.2) is 4.98 Å². The van der Waals surface area contributed by atoms with Gasteiger partial charge in [-0.1, -0.05) is 12.1 Å². The molecule has 0 amide bonds. The molecule has 0 spiro atoms. The van der Waals surface area contributed by atoms with E-state index in [1.807, 2.05) is 45.0 Å². The fourth-order valence-corrected chi connectivity index (χ4v) is 1.59. The maximum atomic E-state index is 5.87. The summed E-state index contributed by atoms with van der Waals surface area (Å²) >= 11 is 0. The smallest absolute Gasteiger partial charge is 0.242 e. The van der Waals surface area contributed by atoms with Gasteiger partial charge in [-0.05, 0) is 49.6 Å². The Labute approximate surface area is 101 Å². The van der Waals surface area contributed by atoms with Crippen LogP contribution in [-0.2, 0) is 0 Å². The van der Waals surface area contributed by atoms with Crippen LogP contribution in [0, 0.1) is 20.8 Å². The Kier molecular flexibility index (Phi) is 3.00. The zero-order chi connectivity index (χ0) is 12.4. The lowest BCUT2D eigenvalue weighted by molar-refractivity contribution is 0.461. The first-order chi connectivity index (χ1) is 8.06. The molecule has 3 nitrogen and oxygen atoms in total. The molecule has 0 atom stereocenters. The monoisotopic (exact) mass is 228 g/mol. The van der Waals surface area contributed by atoms with Crippen molar-refractivity contribution in [2.75, 3.05) is 5.73 Å². The van der Waals surface area contributed by atoms with Gasteiger partial charge in [0.25, 0.3) is 0 Å². The van der Waals surface area contributed by atoms with Crippen LogP contribution >= 0.6 is 0 Å². The molecule has 1 heterocycles. The number of hydrogen-bond acceptors (Lipinski definition) is 3. The number of aryl methyl sites for hydroxylation is 3. The first-order valence-electron chi connectivity index (χ1n) is 5.53. The summed E-state index contributed by atoms with van der Waals surface area (Å²) in [4.78, 5) is 4.20. The van der Waals surface area contributed by atoms with E-state index in [0.717, 1.165) is 22.4 Å². The molecule has 0 saturated carbocycles. The van der Waals surface area contributed by atoms with Gasteiger partial charge >= 0.3 is 0 Å². The molecule has 3 heteroatoms. The molecule has 0 saturated heterocycles. The number of ether oxygens (including phenoxy) is 1. The van der Waals surface area contributed by atoms with Gasteiger partial charge < -0.3 is 10.5 Å². The first-order valence-corrected chi connectivity index (χ1v) is 5.53. The molecule has 0 fully saturated rings. The number of aromatic nitrogens is 1. The van der Waals surface area contributed by atoms with E-state index in [4.69, 9.17) is 10.5 Å². The van der Waals surface area contributed by atoms with Gasteiger partial charge in [-0.2, -0.15) is 0 Å². The van der Waals surface area contributed by atoms with E-state index in [1.54, 1.807) is 6.20 Å². The van der Waals surface area contributed by atoms with Gasteiger partial charge in [0.05, 0.1) is 5.69 Å². The van der Waals surface area contributed by atoms with E-state index in [-0.39, 0.29) is 0 Å². The highest BCUT2D eigenvalue weighted by Gasteiger charge is 2.06. The van der Waals surface area contributed by atoms with Crippen molar-refractivity contribution in [1.82, 2.24) is 4.98 Å². The quantitative estimate of drug-likeness (QED) is 0.857. The Balaban J connectivity index is 2.34. The Hall–Kier alpha value is -2.03. The lowest BCUT2D eigenvalue weighted by Gasteiger charge is -2.10. The highest BCUT2D eigenvalue weighted by molar-refractivity contribution is 5.51. The van der Waals surface area contributed by atoms with E-state index in [2.05, 4.69) is 4.98 Å². The fourth-order valence-electron chi connectivity index (χ4n) is 1.59. The van der Waals surface area contributed by atoms with Crippen LogP contribution in [0.25, 0.3) is 0 Å². The molecular weight excluding hydrogens is 212 g/mol. The molecule has 1 aromatic carbocycles. The lowest BCUT2D eigenvalue weighted by atomic mass is 10.1. The molecule has 0 radical (unpaired) electrons. The van der Waals surface area contributed by atoms with Gasteiger partial charge in [0.15, 0.2) is 0 Å². The normalized spacial score (nSPS) is 10.3. The minimum atomic E-state index is 0.462. The number of nitrogen functional groups attached to an aromatic ring is 1. The Morgan fingerprint density at radius 2 is 1.82 bits per heavy atom. The van der Waals surface area contributed by atoms with E-state index in [0.29, 0.717) is 11.6 Å². The summed E-state index contributed by atoms with van der Waals surface area (Å²) in [5.74, 6) is 1.26. The Bertz CT molecular complexity index is 550. The molecule has 17 heavy (non-hydrogen) atoms. The molecule has 0 aliphatic carbocycles. The van der Waals surface area contributed by atoms with Crippen LogP contribution < -0.4 is 10.5 Å². The minimum absolute atomic E-state index is 0.462. The summed E-state index contributed by atoms with van der Waals surface area (Å²) in [5, 5.41) is 0. The van der Waals surface area contributed by atoms with E-state index < -0.39 is 0 Å². The molecule has 1 aromatic heterocycles. The third-order valence-corrected chi connectivity index (χ3v) is 2.57. The summed E-state index contributed by atoms with van der Waals surface area (Å²) < 4.78 is 5.74. The molecule has 0 unspecified atom stereocenters. The van der Waals surface area contributed by atoms with Crippen LogP contribution in [0.15, 0.2) is 30.5 Å². The van der Waals surface area contributed by atoms with Crippen molar-refractivity contribution < 1.29 is 4.74 Å². The highest BCUT2D eigenvalue weighted by Crippen LogP contribution is 2.28. The molecule has 0 bridgehead atoms. The van der Waals surface area contributed by atoms with E-state index in [1.165, 1.54) is 0 Å². The lowest BCUT2D eigenvalue weighted by Crippen LogP contribution is -1.97. The van der Waals surface area contributed by atoms with Crippen LogP contribution in [0.2, 0.25) is 0 Å². The number of nitrogens with two attached hydrogens (primary N) is 1. The number of nitrogens with zero attached hydrogens (tertiary/aromatic N) is 1. The predicted octanol–water partition coefficient (Wildman–Crippen LogP) is 3.38. The molecule has 2 aromatic rings. The topological polar surface area (TPSA) is 48.1 Å². The summed E-state index contributed by atoms with van der Waals surface area (Å²) in [7, 11) is 0. The number of anilines is 1. The number of benzene rings is 1. The number of rotatable bonds is 2. The van der Waals surface area contributed by atoms with Crippen molar-refractivity contribution in [3.63, 3.8) is 0 Å². The minimum Gasteiger partial charge on any atom is -0.437 e. The predicted molar refractivity (Wildman–Crippen MR) is 69.4 cm³/mol. The summed E-state index contributed by atoms with van der Waals surface area (Å²) in [6, 6.07) is 7.91. The number of hydrogen-bond donors (Lipinski definition) is 1. The van der Waals surface area contributed by atoms with Crippen LogP contribution in [-0.4, -0.2) is 4.98 Å². The van der Waals surface area contributed by atoms with E-state index in [9.17, 15) is 0 Å². The van der Waals surface area contributed by atoms with Crippen molar-refractivity contribution in [2.24, 2.45) is 0 Å². The summed E-state index contributed by atoms with van der Waals surface area (Å²) in [5.41, 5.74) is 9.67. The van der Waals surface area contributed by atoms with Gasteiger partial charge in [-0.15, -0.1) is 0 Å². The Morgan fingerprint density at radius 1 is 1.06 bits per heavy atom. The van der Waals surface area contributed by atoms with Crippen molar-refractivity contribution >= 4 is 5.69 Å². The molecule has 2 N–H and O–H groups in total. The zero-order valence-electron chi connectivity index (χ0n) is 10.3. The third kappa shape index (κ3) is 2.56. The second-order valence-corrected chi connectivity index (χ2v) is 4.28. The first kappa shape index (κ1) is 11.5. The SMILES string of the molecule is Cc1cnc(Oc2cc(C)ccc2C)c(N)c1. The summed E-state index contributed by atoms with van der Waals surface area (Å²) in [6.07, 6.45) is 1.75. The maximum absolute atomic E-state index is 5.87. The Morgan fingerprint density at radius 3 is 2.53 bits per heavy atom. The maximum Gasteiger partial charge on any atom is 0.242 e. The van der Waals surface area contributed by atoms with Crippen molar-refractivity contribution in [3.05, 3.63) is 47.2 Å². The largest absolute Gasteiger partial charge is 0.437 e. The molecule has 88 valence electrons.